The predicted molar refractivity (Wildman–Crippen MR) is 107 cm³/mol. The van der Waals surface area contributed by atoms with Crippen LogP contribution in [0.3, 0.4) is 0 Å². The lowest BCUT2D eigenvalue weighted by atomic mass is 9.99. The average Bonchev–Trinajstić information content (AvgIpc) is 2.69. The predicted octanol–water partition coefficient (Wildman–Crippen LogP) is 4.42. The lowest BCUT2D eigenvalue weighted by molar-refractivity contribution is 0.714. The highest BCUT2D eigenvalue weighted by Gasteiger charge is 2.21. The topological polar surface area (TPSA) is 32.3 Å². The van der Waals surface area contributed by atoms with E-state index in [9.17, 15) is 0 Å². The van der Waals surface area contributed by atoms with E-state index in [2.05, 4.69) is 55.1 Å². The lowest BCUT2D eigenvalue weighted by Crippen LogP contribution is -2.32. The molecule has 2 heterocycles. The van der Waals surface area contributed by atoms with Gasteiger partial charge in [0.1, 0.15) is 5.82 Å². The molecule has 132 valence electrons. The summed E-state index contributed by atoms with van der Waals surface area (Å²) in [5.74, 6) is 1.79. The van der Waals surface area contributed by atoms with Crippen LogP contribution in [0.2, 0.25) is 0 Å². The van der Waals surface area contributed by atoms with E-state index in [1.54, 1.807) is 0 Å². The van der Waals surface area contributed by atoms with E-state index in [1.165, 1.54) is 11.1 Å². The number of para-hydroxylation sites is 1. The third-order valence-corrected chi connectivity index (χ3v) is 5.23. The van der Waals surface area contributed by atoms with Crippen LogP contribution in [-0.4, -0.2) is 23.6 Å². The quantitative estimate of drug-likeness (QED) is 0.704. The van der Waals surface area contributed by atoms with Crippen molar-refractivity contribution >= 4 is 17.5 Å². The molecule has 0 saturated heterocycles. The van der Waals surface area contributed by atoms with Gasteiger partial charge in [0.15, 0.2) is 0 Å². The third kappa shape index (κ3) is 3.03. The van der Waals surface area contributed by atoms with Gasteiger partial charge in [-0.05, 0) is 43.5 Å². The first kappa shape index (κ1) is 16.6. The molecule has 0 saturated carbocycles. The monoisotopic (exact) mass is 344 g/mol. The molecule has 1 aliphatic rings. The lowest BCUT2D eigenvalue weighted by Gasteiger charge is -2.32. The first-order chi connectivity index (χ1) is 12.6. The minimum absolute atomic E-state index is 0.744. The van der Waals surface area contributed by atoms with Crippen molar-refractivity contribution in [3.63, 3.8) is 0 Å². The molecular formula is C22H24N4. The van der Waals surface area contributed by atoms with E-state index in [0.717, 1.165) is 48.2 Å². The zero-order chi connectivity index (χ0) is 18.1. The van der Waals surface area contributed by atoms with E-state index in [0.29, 0.717) is 0 Å². The number of nitrogens with zero attached hydrogens (tertiary/aromatic N) is 4. The molecule has 2 aromatic carbocycles. The van der Waals surface area contributed by atoms with Gasteiger partial charge in [0, 0.05) is 37.1 Å². The maximum absolute atomic E-state index is 4.95. The molecule has 0 fully saturated rings. The van der Waals surface area contributed by atoms with Crippen LogP contribution in [0.1, 0.15) is 22.4 Å². The minimum atomic E-state index is 0.744. The zero-order valence-electron chi connectivity index (χ0n) is 15.6. The Morgan fingerprint density at radius 2 is 1.58 bits per heavy atom. The molecule has 4 rings (SSSR count). The average molecular weight is 344 g/mol. The van der Waals surface area contributed by atoms with Gasteiger partial charge in [0.25, 0.3) is 0 Å². The van der Waals surface area contributed by atoms with Gasteiger partial charge >= 0.3 is 0 Å². The molecule has 1 aromatic heterocycles. The molecule has 0 atom stereocenters. The van der Waals surface area contributed by atoms with Crippen molar-refractivity contribution < 1.29 is 0 Å². The second-order valence-corrected chi connectivity index (χ2v) is 6.89. The van der Waals surface area contributed by atoms with Crippen LogP contribution in [0.4, 0.5) is 17.5 Å². The van der Waals surface area contributed by atoms with Gasteiger partial charge in [-0.3, -0.25) is 0 Å². The number of aryl methyl sites for hydroxylation is 1. The third-order valence-electron chi connectivity index (χ3n) is 5.23. The summed E-state index contributed by atoms with van der Waals surface area (Å²) in [5, 5.41) is 0. The second kappa shape index (κ2) is 6.79. The number of aromatic nitrogens is 2. The molecule has 3 aromatic rings. The smallest absolute Gasteiger partial charge is 0.231 e. The number of fused-ring (bicyclic) bond motifs is 1. The molecule has 0 bridgehead atoms. The summed E-state index contributed by atoms with van der Waals surface area (Å²) in [7, 11) is 2.02. The summed E-state index contributed by atoms with van der Waals surface area (Å²) in [6.07, 6.45) is 1.06. The molecule has 0 unspecified atom stereocenters. The van der Waals surface area contributed by atoms with Crippen molar-refractivity contribution in [1.29, 1.82) is 0 Å². The van der Waals surface area contributed by atoms with E-state index in [-0.39, 0.29) is 0 Å². The van der Waals surface area contributed by atoms with Crippen LogP contribution in [0.25, 0.3) is 0 Å². The van der Waals surface area contributed by atoms with E-state index < -0.39 is 0 Å². The fraction of sp³-hybridized carbons (Fsp3) is 0.273. The maximum Gasteiger partial charge on any atom is 0.231 e. The molecular weight excluding hydrogens is 320 g/mol. The fourth-order valence-corrected chi connectivity index (χ4v) is 3.50. The normalized spacial score (nSPS) is 13.4. The Balaban J connectivity index is 1.70. The Bertz CT molecular complexity index is 921. The molecule has 4 heteroatoms. The van der Waals surface area contributed by atoms with Crippen LogP contribution in [0, 0.1) is 13.8 Å². The Morgan fingerprint density at radius 3 is 2.35 bits per heavy atom. The number of benzene rings is 2. The van der Waals surface area contributed by atoms with Crippen LogP contribution in [0.15, 0.2) is 54.6 Å². The molecule has 0 amide bonds. The van der Waals surface area contributed by atoms with Gasteiger partial charge in [-0.1, -0.05) is 42.5 Å². The first-order valence-corrected chi connectivity index (χ1v) is 9.09. The highest BCUT2D eigenvalue weighted by Crippen LogP contribution is 2.29. The highest BCUT2D eigenvalue weighted by molar-refractivity contribution is 5.60. The summed E-state index contributed by atoms with van der Waals surface area (Å²) in [6.45, 7) is 6.09. The Labute approximate surface area is 155 Å². The summed E-state index contributed by atoms with van der Waals surface area (Å²) < 4.78 is 0. The van der Waals surface area contributed by atoms with Crippen molar-refractivity contribution in [2.24, 2.45) is 0 Å². The van der Waals surface area contributed by atoms with Crippen molar-refractivity contribution in [1.82, 2.24) is 9.97 Å². The molecule has 1 aliphatic heterocycles. The van der Waals surface area contributed by atoms with Crippen LogP contribution >= 0.6 is 0 Å². The summed E-state index contributed by atoms with van der Waals surface area (Å²) in [6, 6.07) is 19.0. The largest absolute Gasteiger partial charge is 0.352 e. The molecule has 0 radical (unpaired) electrons. The molecule has 0 spiro atoms. The second-order valence-electron chi connectivity index (χ2n) is 6.89. The summed E-state index contributed by atoms with van der Waals surface area (Å²) in [5.41, 5.74) is 6.13. The van der Waals surface area contributed by atoms with Crippen LogP contribution < -0.4 is 9.80 Å². The Morgan fingerprint density at radius 1 is 0.885 bits per heavy atom. The maximum atomic E-state index is 4.95. The SMILES string of the molecule is Cc1nc(N(C)c2ccccc2)nc(N2CCc3ccccc3C2)c1C. The molecule has 4 nitrogen and oxygen atoms in total. The van der Waals surface area contributed by atoms with Gasteiger partial charge in [-0.15, -0.1) is 0 Å². The zero-order valence-corrected chi connectivity index (χ0v) is 15.6. The fourth-order valence-electron chi connectivity index (χ4n) is 3.50. The number of anilines is 3. The van der Waals surface area contributed by atoms with E-state index >= 15 is 0 Å². The number of hydrogen-bond acceptors (Lipinski definition) is 4. The van der Waals surface area contributed by atoms with Gasteiger partial charge in [-0.25, -0.2) is 4.98 Å². The van der Waals surface area contributed by atoms with Crippen molar-refractivity contribution in [2.75, 3.05) is 23.4 Å². The number of hydrogen-bond donors (Lipinski definition) is 0. The van der Waals surface area contributed by atoms with Crippen LogP contribution in [-0.2, 0) is 13.0 Å². The number of rotatable bonds is 3. The molecule has 0 N–H and O–H groups in total. The minimum Gasteiger partial charge on any atom is -0.352 e. The van der Waals surface area contributed by atoms with Gasteiger partial charge in [0.05, 0.1) is 0 Å². The Kier molecular flexibility index (Phi) is 4.33. The van der Waals surface area contributed by atoms with Gasteiger partial charge in [0.2, 0.25) is 5.95 Å². The summed E-state index contributed by atoms with van der Waals surface area (Å²) >= 11 is 0. The van der Waals surface area contributed by atoms with Gasteiger partial charge in [-0.2, -0.15) is 4.98 Å². The Hall–Kier alpha value is -2.88. The van der Waals surface area contributed by atoms with Crippen molar-refractivity contribution in [2.45, 2.75) is 26.8 Å². The van der Waals surface area contributed by atoms with Crippen molar-refractivity contribution in [3.05, 3.63) is 77.0 Å². The highest BCUT2D eigenvalue weighted by atomic mass is 15.3. The van der Waals surface area contributed by atoms with Gasteiger partial charge < -0.3 is 9.80 Å². The molecule has 0 aliphatic carbocycles. The standard InChI is InChI=1S/C22H24N4/c1-16-17(2)23-22(25(3)20-11-5-4-6-12-20)24-21(16)26-14-13-18-9-7-8-10-19(18)15-26/h4-12H,13-15H2,1-3H3. The van der Waals surface area contributed by atoms with Crippen molar-refractivity contribution in [3.8, 4) is 0 Å². The summed E-state index contributed by atoms with van der Waals surface area (Å²) in [4.78, 5) is 14.1. The van der Waals surface area contributed by atoms with Crippen LogP contribution in [0.5, 0.6) is 0 Å². The first-order valence-electron chi connectivity index (χ1n) is 9.09. The van der Waals surface area contributed by atoms with E-state index in [1.807, 2.05) is 30.1 Å². The molecule has 26 heavy (non-hydrogen) atoms. The van der Waals surface area contributed by atoms with E-state index in [4.69, 9.17) is 9.97 Å².